The van der Waals surface area contributed by atoms with Crippen LogP contribution in [0.15, 0.2) is 35.2 Å². The summed E-state index contributed by atoms with van der Waals surface area (Å²) in [4.78, 5) is 1.05. The van der Waals surface area contributed by atoms with Crippen LogP contribution in [0.2, 0.25) is 0 Å². The maximum atomic E-state index is 13.8. The Labute approximate surface area is 143 Å². The summed E-state index contributed by atoms with van der Waals surface area (Å²) >= 11 is 1.61. The van der Waals surface area contributed by atoms with E-state index in [4.69, 9.17) is 18.9 Å². The molecule has 2 aliphatic heterocycles. The van der Waals surface area contributed by atoms with Crippen LogP contribution in [0, 0.1) is 5.82 Å². The second-order valence-electron chi connectivity index (χ2n) is 5.61. The SMILES string of the molecule is Fc1cc2c(c(CSc3ccc4c(c3)OCCCO4)c1)OCOC2. The Morgan fingerprint density at radius 3 is 2.79 bits per heavy atom. The van der Waals surface area contributed by atoms with Crippen LogP contribution in [0.4, 0.5) is 4.39 Å². The van der Waals surface area contributed by atoms with Crippen molar-refractivity contribution in [2.45, 2.75) is 23.7 Å². The Morgan fingerprint density at radius 2 is 1.88 bits per heavy atom. The van der Waals surface area contributed by atoms with E-state index in [1.807, 2.05) is 18.2 Å². The van der Waals surface area contributed by atoms with Gasteiger partial charge in [0.15, 0.2) is 18.3 Å². The molecule has 4 nitrogen and oxygen atoms in total. The fraction of sp³-hybridized carbons (Fsp3) is 0.333. The number of thioether (sulfide) groups is 1. The first-order chi connectivity index (χ1) is 11.8. The van der Waals surface area contributed by atoms with Crippen LogP contribution in [0.3, 0.4) is 0 Å². The van der Waals surface area contributed by atoms with Gasteiger partial charge in [-0.25, -0.2) is 4.39 Å². The first-order valence-electron chi connectivity index (χ1n) is 7.84. The number of rotatable bonds is 3. The molecule has 0 fully saturated rings. The molecule has 0 N–H and O–H groups in total. The van der Waals surface area contributed by atoms with E-state index >= 15 is 0 Å². The normalized spacial score (nSPS) is 16.0. The minimum absolute atomic E-state index is 0.209. The van der Waals surface area contributed by atoms with Gasteiger partial charge in [-0.05, 0) is 30.3 Å². The maximum absolute atomic E-state index is 13.8. The molecule has 24 heavy (non-hydrogen) atoms. The molecule has 2 aliphatic rings. The lowest BCUT2D eigenvalue weighted by Gasteiger charge is -2.20. The molecule has 4 rings (SSSR count). The minimum atomic E-state index is -0.267. The number of benzene rings is 2. The predicted molar refractivity (Wildman–Crippen MR) is 88.3 cm³/mol. The highest BCUT2D eigenvalue weighted by molar-refractivity contribution is 7.98. The van der Waals surface area contributed by atoms with Crippen molar-refractivity contribution in [2.24, 2.45) is 0 Å². The van der Waals surface area contributed by atoms with Crippen molar-refractivity contribution in [1.29, 1.82) is 0 Å². The molecule has 0 saturated carbocycles. The zero-order valence-corrected chi connectivity index (χ0v) is 13.9. The third kappa shape index (κ3) is 3.30. The van der Waals surface area contributed by atoms with E-state index in [2.05, 4.69) is 0 Å². The van der Waals surface area contributed by atoms with Crippen molar-refractivity contribution in [3.8, 4) is 17.2 Å². The second-order valence-corrected chi connectivity index (χ2v) is 6.66. The van der Waals surface area contributed by atoms with E-state index in [0.717, 1.165) is 39.7 Å². The molecule has 0 bridgehead atoms. The monoisotopic (exact) mass is 348 g/mol. The molecule has 2 aromatic rings. The van der Waals surface area contributed by atoms with Gasteiger partial charge >= 0.3 is 0 Å². The van der Waals surface area contributed by atoms with Crippen LogP contribution in [-0.4, -0.2) is 20.0 Å². The Kier molecular flexibility index (Phi) is 4.49. The Balaban J connectivity index is 1.53. The first-order valence-corrected chi connectivity index (χ1v) is 8.82. The molecular weight excluding hydrogens is 331 g/mol. The van der Waals surface area contributed by atoms with Crippen molar-refractivity contribution < 1.29 is 23.3 Å². The summed E-state index contributed by atoms with van der Waals surface area (Å²) in [6.45, 7) is 1.93. The average Bonchev–Trinajstić information content (AvgIpc) is 2.84. The maximum Gasteiger partial charge on any atom is 0.189 e. The topological polar surface area (TPSA) is 36.9 Å². The molecule has 0 radical (unpaired) electrons. The second kappa shape index (κ2) is 6.91. The number of fused-ring (bicyclic) bond motifs is 2. The molecule has 2 heterocycles. The standard InChI is InChI=1S/C18H17FO4S/c19-14-6-12-9-20-11-23-18(12)13(7-14)10-24-15-2-3-16-17(8-15)22-5-1-4-21-16/h2-3,6-8H,1,4-5,9-11H2. The average molecular weight is 348 g/mol. The quantitative estimate of drug-likeness (QED) is 0.779. The zero-order chi connectivity index (χ0) is 16.4. The molecule has 126 valence electrons. The van der Waals surface area contributed by atoms with Gasteiger partial charge in [0.1, 0.15) is 11.6 Å². The van der Waals surface area contributed by atoms with Gasteiger partial charge in [0.05, 0.1) is 19.8 Å². The molecule has 0 aliphatic carbocycles. The van der Waals surface area contributed by atoms with E-state index in [9.17, 15) is 4.39 Å². The molecular formula is C18H17FO4S. The third-order valence-electron chi connectivity index (χ3n) is 3.87. The lowest BCUT2D eigenvalue weighted by molar-refractivity contribution is -0.0171. The Morgan fingerprint density at radius 1 is 1.00 bits per heavy atom. The smallest absolute Gasteiger partial charge is 0.189 e. The lowest BCUT2D eigenvalue weighted by Crippen LogP contribution is -2.13. The van der Waals surface area contributed by atoms with Crippen LogP contribution in [0.1, 0.15) is 17.5 Å². The van der Waals surface area contributed by atoms with E-state index in [0.29, 0.717) is 25.6 Å². The van der Waals surface area contributed by atoms with Gasteiger partial charge in [-0.15, -0.1) is 11.8 Å². The van der Waals surface area contributed by atoms with Gasteiger partial charge in [0.25, 0.3) is 0 Å². The number of halogens is 1. The van der Waals surface area contributed by atoms with E-state index < -0.39 is 0 Å². The Hall–Kier alpha value is -1.92. The van der Waals surface area contributed by atoms with E-state index in [1.165, 1.54) is 12.1 Å². The summed E-state index contributed by atoms with van der Waals surface area (Å²) in [5, 5.41) is 0. The van der Waals surface area contributed by atoms with Gasteiger partial charge in [-0.3, -0.25) is 0 Å². The van der Waals surface area contributed by atoms with Gasteiger partial charge < -0.3 is 18.9 Å². The van der Waals surface area contributed by atoms with Gasteiger partial charge in [0.2, 0.25) is 0 Å². The van der Waals surface area contributed by atoms with Crippen LogP contribution in [0.5, 0.6) is 17.2 Å². The predicted octanol–water partition coefficient (Wildman–Crippen LogP) is 4.15. The van der Waals surface area contributed by atoms with Crippen LogP contribution >= 0.6 is 11.8 Å². The number of ether oxygens (including phenoxy) is 4. The zero-order valence-electron chi connectivity index (χ0n) is 13.0. The Bertz CT molecular complexity index is 750. The molecule has 6 heteroatoms. The van der Waals surface area contributed by atoms with Crippen molar-refractivity contribution in [3.63, 3.8) is 0 Å². The third-order valence-corrected chi connectivity index (χ3v) is 4.91. The van der Waals surface area contributed by atoms with Crippen molar-refractivity contribution >= 4 is 11.8 Å². The molecule has 0 amide bonds. The highest BCUT2D eigenvalue weighted by Crippen LogP contribution is 2.37. The van der Waals surface area contributed by atoms with Crippen LogP contribution < -0.4 is 14.2 Å². The minimum Gasteiger partial charge on any atom is -0.490 e. The first kappa shape index (κ1) is 15.6. The summed E-state index contributed by atoms with van der Waals surface area (Å²) in [6, 6.07) is 8.89. The highest BCUT2D eigenvalue weighted by Gasteiger charge is 2.17. The van der Waals surface area contributed by atoms with Gasteiger partial charge in [0, 0.05) is 28.2 Å². The number of hydrogen-bond acceptors (Lipinski definition) is 5. The summed E-state index contributed by atoms with van der Waals surface area (Å²) < 4.78 is 35.9. The number of hydrogen-bond donors (Lipinski definition) is 0. The van der Waals surface area contributed by atoms with E-state index in [1.54, 1.807) is 11.8 Å². The van der Waals surface area contributed by atoms with Crippen molar-refractivity contribution in [1.82, 2.24) is 0 Å². The highest BCUT2D eigenvalue weighted by atomic mass is 32.2. The molecule has 0 spiro atoms. The summed E-state index contributed by atoms with van der Waals surface area (Å²) in [6.07, 6.45) is 0.881. The largest absolute Gasteiger partial charge is 0.490 e. The summed E-state index contributed by atoms with van der Waals surface area (Å²) in [7, 11) is 0. The summed E-state index contributed by atoms with van der Waals surface area (Å²) in [5.74, 6) is 2.63. The fourth-order valence-electron chi connectivity index (χ4n) is 2.76. The van der Waals surface area contributed by atoms with Gasteiger partial charge in [-0.1, -0.05) is 0 Å². The molecule has 0 aromatic heterocycles. The van der Waals surface area contributed by atoms with Crippen LogP contribution in [-0.2, 0) is 17.1 Å². The fourth-order valence-corrected chi connectivity index (χ4v) is 3.65. The van der Waals surface area contributed by atoms with Gasteiger partial charge in [-0.2, -0.15) is 0 Å². The molecule has 0 atom stereocenters. The molecule has 2 aromatic carbocycles. The van der Waals surface area contributed by atoms with E-state index in [-0.39, 0.29) is 12.6 Å². The molecule has 0 unspecified atom stereocenters. The van der Waals surface area contributed by atoms with Crippen molar-refractivity contribution in [3.05, 3.63) is 47.3 Å². The van der Waals surface area contributed by atoms with Crippen LogP contribution in [0.25, 0.3) is 0 Å². The van der Waals surface area contributed by atoms with Crippen molar-refractivity contribution in [2.75, 3.05) is 20.0 Å². The summed E-state index contributed by atoms with van der Waals surface area (Å²) in [5.41, 5.74) is 1.60. The molecule has 0 saturated heterocycles. The lowest BCUT2D eigenvalue weighted by atomic mass is 10.1.